The predicted octanol–water partition coefficient (Wildman–Crippen LogP) is 2.72. The van der Waals surface area contributed by atoms with Crippen LogP contribution in [0.4, 0.5) is 4.39 Å². The highest BCUT2D eigenvalue weighted by Crippen LogP contribution is 2.26. The Labute approximate surface area is 91.4 Å². The Morgan fingerprint density at radius 1 is 1.67 bits per heavy atom. The van der Waals surface area contributed by atoms with E-state index in [0.717, 1.165) is 12.1 Å². The number of carbonyl (C=O) groups is 1. The van der Waals surface area contributed by atoms with E-state index in [2.05, 4.69) is 0 Å². The highest BCUT2D eigenvalue weighted by molar-refractivity contribution is 6.32. The monoisotopic (exact) mass is 232 g/mol. The smallest absolute Gasteiger partial charge is 0.344 e. The first-order valence-corrected chi connectivity index (χ1v) is 4.77. The van der Waals surface area contributed by atoms with Crippen LogP contribution in [0.1, 0.15) is 13.3 Å². The topological polar surface area (TPSA) is 46.5 Å². The molecule has 0 aliphatic heterocycles. The number of rotatable bonds is 4. The van der Waals surface area contributed by atoms with Crippen LogP contribution >= 0.6 is 11.6 Å². The van der Waals surface area contributed by atoms with Crippen LogP contribution < -0.4 is 4.74 Å². The van der Waals surface area contributed by atoms with Gasteiger partial charge in [0.15, 0.2) is 6.10 Å². The van der Waals surface area contributed by atoms with Gasteiger partial charge in [-0.05, 0) is 24.6 Å². The number of halogens is 2. The summed E-state index contributed by atoms with van der Waals surface area (Å²) in [7, 11) is 0. The van der Waals surface area contributed by atoms with Crippen molar-refractivity contribution in [2.75, 3.05) is 0 Å². The summed E-state index contributed by atoms with van der Waals surface area (Å²) in [5, 5.41) is 8.80. The van der Waals surface area contributed by atoms with Gasteiger partial charge >= 0.3 is 5.97 Å². The molecule has 15 heavy (non-hydrogen) atoms. The maximum absolute atomic E-state index is 12.7. The minimum atomic E-state index is -1.07. The zero-order valence-corrected chi connectivity index (χ0v) is 8.79. The number of carboxylic acid groups (broad SMARTS) is 1. The lowest BCUT2D eigenvalue weighted by Gasteiger charge is -2.13. The van der Waals surface area contributed by atoms with Crippen LogP contribution in [0, 0.1) is 5.82 Å². The Hall–Kier alpha value is -1.29. The van der Waals surface area contributed by atoms with E-state index in [0.29, 0.717) is 6.42 Å². The van der Waals surface area contributed by atoms with Crippen LogP contribution in [0.15, 0.2) is 18.2 Å². The fourth-order valence-corrected chi connectivity index (χ4v) is 1.24. The van der Waals surface area contributed by atoms with Gasteiger partial charge in [0, 0.05) is 0 Å². The number of benzene rings is 1. The summed E-state index contributed by atoms with van der Waals surface area (Å²) in [6.07, 6.45) is -0.656. The van der Waals surface area contributed by atoms with Crippen molar-refractivity contribution in [3.63, 3.8) is 0 Å². The van der Waals surface area contributed by atoms with E-state index < -0.39 is 17.9 Å². The van der Waals surface area contributed by atoms with Gasteiger partial charge in [-0.15, -0.1) is 0 Å². The third-order valence-corrected chi connectivity index (χ3v) is 2.10. The molecule has 0 amide bonds. The van der Waals surface area contributed by atoms with Crippen LogP contribution in [-0.4, -0.2) is 17.2 Å². The first-order chi connectivity index (χ1) is 7.04. The molecule has 0 saturated heterocycles. The summed E-state index contributed by atoms with van der Waals surface area (Å²) in [5.41, 5.74) is 0. The van der Waals surface area contributed by atoms with Crippen molar-refractivity contribution in [1.82, 2.24) is 0 Å². The van der Waals surface area contributed by atoms with Crippen molar-refractivity contribution in [1.29, 1.82) is 0 Å². The Bertz CT molecular complexity index is 368. The van der Waals surface area contributed by atoms with Gasteiger partial charge in [0.25, 0.3) is 0 Å². The molecule has 0 heterocycles. The van der Waals surface area contributed by atoms with Gasteiger partial charge in [-0.25, -0.2) is 9.18 Å². The molecule has 0 bridgehead atoms. The summed E-state index contributed by atoms with van der Waals surface area (Å²) in [5.74, 6) is -1.39. The van der Waals surface area contributed by atoms with Gasteiger partial charge < -0.3 is 9.84 Å². The van der Waals surface area contributed by atoms with Crippen molar-refractivity contribution >= 4 is 17.6 Å². The SMILES string of the molecule is CCC(Oc1ccc(F)cc1Cl)C(=O)O. The zero-order valence-electron chi connectivity index (χ0n) is 8.04. The minimum Gasteiger partial charge on any atom is -0.479 e. The number of hydrogen-bond donors (Lipinski definition) is 1. The Morgan fingerprint density at radius 2 is 2.33 bits per heavy atom. The van der Waals surface area contributed by atoms with Gasteiger partial charge in [0.1, 0.15) is 11.6 Å². The molecule has 0 fully saturated rings. The Morgan fingerprint density at radius 3 is 2.80 bits per heavy atom. The lowest BCUT2D eigenvalue weighted by atomic mass is 10.2. The summed E-state index contributed by atoms with van der Waals surface area (Å²) in [4.78, 5) is 10.7. The summed E-state index contributed by atoms with van der Waals surface area (Å²) in [6.45, 7) is 1.68. The third kappa shape index (κ3) is 3.09. The maximum Gasteiger partial charge on any atom is 0.344 e. The fourth-order valence-electron chi connectivity index (χ4n) is 1.03. The van der Waals surface area contributed by atoms with Crippen molar-refractivity contribution in [2.45, 2.75) is 19.4 Å². The summed E-state index contributed by atoms with van der Waals surface area (Å²) >= 11 is 5.68. The average molecular weight is 233 g/mol. The molecular weight excluding hydrogens is 223 g/mol. The van der Waals surface area contributed by atoms with Gasteiger partial charge in [-0.1, -0.05) is 18.5 Å². The van der Waals surface area contributed by atoms with Crippen LogP contribution in [-0.2, 0) is 4.79 Å². The first-order valence-electron chi connectivity index (χ1n) is 4.39. The fraction of sp³-hybridized carbons (Fsp3) is 0.300. The number of aliphatic carboxylic acids is 1. The van der Waals surface area contributed by atoms with E-state index in [1.165, 1.54) is 6.07 Å². The third-order valence-electron chi connectivity index (χ3n) is 1.81. The molecule has 3 nitrogen and oxygen atoms in total. The average Bonchev–Trinajstić information content (AvgIpc) is 2.16. The first kappa shape index (κ1) is 11.8. The van der Waals surface area contributed by atoms with Crippen LogP contribution in [0.3, 0.4) is 0 Å². The molecule has 0 radical (unpaired) electrons. The molecule has 0 spiro atoms. The van der Waals surface area contributed by atoms with Gasteiger partial charge in [0.2, 0.25) is 0 Å². The summed E-state index contributed by atoms with van der Waals surface area (Å²) in [6, 6.07) is 3.55. The zero-order chi connectivity index (χ0) is 11.4. The number of carboxylic acids is 1. The Balaban J connectivity index is 2.84. The van der Waals surface area contributed by atoms with Gasteiger partial charge in [-0.2, -0.15) is 0 Å². The second kappa shape index (κ2) is 4.98. The molecule has 82 valence electrons. The molecule has 1 atom stereocenters. The van der Waals surface area contributed by atoms with Crippen LogP contribution in [0.2, 0.25) is 5.02 Å². The highest BCUT2D eigenvalue weighted by Gasteiger charge is 2.18. The molecule has 1 rings (SSSR count). The van der Waals surface area contributed by atoms with Crippen molar-refractivity contribution in [2.24, 2.45) is 0 Å². The second-order valence-corrected chi connectivity index (χ2v) is 3.33. The van der Waals surface area contributed by atoms with E-state index in [-0.39, 0.29) is 10.8 Å². The molecule has 0 saturated carbocycles. The molecule has 0 aromatic heterocycles. The standard InChI is InChI=1S/C10H10ClFO3/c1-2-8(10(13)14)15-9-4-3-6(12)5-7(9)11/h3-5,8H,2H2,1H3,(H,13,14). The molecule has 1 unspecified atom stereocenters. The molecule has 1 aromatic carbocycles. The predicted molar refractivity (Wildman–Crippen MR) is 53.8 cm³/mol. The van der Waals surface area contributed by atoms with Crippen LogP contribution in [0.25, 0.3) is 0 Å². The molecular formula is C10H10ClFO3. The normalized spacial score (nSPS) is 12.2. The minimum absolute atomic E-state index is 0.0645. The van der Waals surface area contributed by atoms with E-state index >= 15 is 0 Å². The second-order valence-electron chi connectivity index (χ2n) is 2.93. The number of ether oxygens (including phenoxy) is 1. The van der Waals surface area contributed by atoms with Gasteiger partial charge in [-0.3, -0.25) is 0 Å². The lowest BCUT2D eigenvalue weighted by molar-refractivity contribution is -0.145. The van der Waals surface area contributed by atoms with E-state index in [9.17, 15) is 9.18 Å². The maximum atomic E-state index is 12.7. The molecule has 0 aliphatic rings. The number of hydrogen-bond acceptors (Lipinski definition) is 2. The lowest BCUT2D eigenvalue weighted by Crippen LogP contribution is -2.26. The highest BCUT2D eigenvalue weighted by atomic mass is 35.5. The quantitative estimate of drug-likeness (QED) is 0.868. The van der Waals surface area contributed by atoms with Crippen LogP contribution in [0.5, 0.6) is 5.75 Å². The van der Waals surface area contributed by atoms with Crippen molar-refractivity contribution in [3.8, 4) is 5.75 Å². The van der Waals surface area contributed by atoms with E-state index in [4.69, 9.17) is 21.4 Å². The molecule has 1 N–H and O–H groups in total. The molecule has 1 aromatic rings. The molecule has 0 aliphatic carbocycles. The van der Waals surface area contributed by atoms with Gasteiger partial charge in [0.05, 0.1) is 5.02 Å². The molecule has 5 heteroatoms. The largest absolute Gasteiger partial charge is 0.479 e. The van der Waals surface area contributed by atoms with Crippen molar-refractivity contribution < 1.29 is 19.0 Å². The van der Waals surface area contributed by atoms with Crippen molar-refractivity contribution in [3.05, 3.63) is 29.0 Å². The Kier molecular flexibility index (Phi) is 3.91. The van der Waals surface area contributed by atoms with E-state index in [1.807, 2.05) is 0 Å². The summed E-state index contributed by atoms with van der Waals surface area (Å²) < 4.78 is 17.8. The van der Waals surface area contributed by atoms with E-state index in [1.54, 1.807) is 6.92 Å².